The van der Waals surface area contributed by atoms with E-state index in [0.29, 0.717) is 11.8 Å². The number of pyridine rings is 1. The van der Waals surface area contributed by atoms with Gasteiger partial charge in [-0.2, -0.15) is 0 Å². The molecule has 1 aromatic heterocycles. The highest BCUT2D eigenvalue weighted by molar-refractivity contribution is 5.85. The van der Waals surface area contributed by atoms with E-state index in [4.69, 9.17) is 4.74 Å². The first-order valence-electron chi connectivity index (χ1n) is 9.53. The molecule has 7 heteroatoms. The van der Waals surface area contributed by atoms with Crippen LogP contribution in [0, 0.1) is 5.92 Å². The number of rotatable bonds is 5. The minimum Gasteiger partial charge on any atom is -0.496 e. The van der Waals surface area contributed by atoms with Gasteiger partial charge in [-0.3, -0.25) is 4.79 Å². The zero-order chi connectivity index (χ0) is 18.1. The van der Waals surface area contributed by atoms with Gasteiger partial charge in [0, 0.05) is 42.9 Å². The summed E-state index contributed by atoms with van der Waals surface area (Å²) < 4.78 is 7.48. The van der Waals surface area contributed by atoms with Crippen molar-refractivity contribution in [1.82, 2.24) is 15.2 Å². The molecule has 1 aromatic carbocycles. The van der Waals surface area contributed by atoms with Gasteiger partial charge in [0.05, 0.1) is 7.11 Å². The molecule has 0 radical (unpaired) electrons. The normalized spacial score (nSPS) is 19.8. The van der Waals surface area contributed by atoms with Crippen molar-refractivity contribution in [1.29, 1.82) is 0 Å². The van der Waals surface area contributed by atoms with Crippen LogP contribution in [0.25, 0.3) is 11.1 Å². The summed E-state index contributed by atoms with van der Waals surface area (Å²) >= 11 is 0. The Hall–Kier alpha value is -1.53. The van der Waals surface area contributed by atoms with Gasteiger partial charge in [0.25, 0.3) is 5.56 Å². The van der Waals surface area contributed by atoms with Crippen molar-refractivity contribution in [3.8, 4) is 16.9 Å². The molecule has 28 heavy (non-hydrogen) atoms. The van der Waals surface area contributed by atoms with Crippen molar-refractivity contribution in [2.45, 2.75) is 32.4 Å². The Labute approximate surface area is 178 Å². The lowest BCUT2D eigenvalue weighted by molar-refractivity contribution is 0.257. The Kier molecular flexibility index (Phi) is 7.96. The van der Waals surface area contributed by atoms with E-state index in [1.54, 1.807) is 13.2 Å². The molecule has 2 N–H and O–H groups in total. The van der Waals surface area contributed by atoms with Gasteiger partial charge in [0.1, 0.15) is 5.75 Å². The van der Waals surface area contributed by atoms with E-state index in [0.717, 1.165) is 55.2 Å². The molecular formula is C21H29Cl2N3O2. The minimum atomic E-state index is 0. The van der Waals surface area contributed by atoms with Gasteiger partial charge in [0.15, 0.2) is 0 Å². The summed E-state index contributed by atoms with van der Waals surface area (Å²) in [6.07, 6.45) is 1.18. The van der Waals surface area contributed by atoms with Gasteiger partial charge in [-0.15, -0.1) is 24.8 Å². The number of ether oxygens (including phenoxy) is 1. The van der Waals surface area contributed by atoms with Crippen LogP contribution >= 0.6 is 24.8 Å². The van der Waals surface area contributed by atoms with Crippen LogP contribution in [0.5, 0.6) is 5.75 Å². The van der Waals surface area contributed by atoms with E-state index < -0.39 is 0 Å². The maximum atomic E-state index is 12.8. The van der Waals surface area contributed by atoms with E-state index >= 15 is 0 Å². The highest BCUT2D eigenvalue weighted by atomic mass is 35.5. The third-order valence-corrected chi connectivity index (χ3v) is 5.64. The maximum Gasteiger partial charge on any atom is 0.251 e. The monoisotopic (exact) mass is 425 g/mol. The molecule has 2 aliphatic rings. The molecule has 2 bridgehead atoms. The molecule has 3 heterocycles. The van der Waals surface area contributed by atoms with E-state index in [1.165, 1.54) is 12.1 Å². The van der Waals surface area contributed by atoms with Crippen LogP contribution in [-0.2, 0) is 13.1 Å². The second kappa shape index (κ2) is 9.79. The Bertz CT molecular complexity index is 869. The van der Waals surface area contributed by atoms with Crippen LogP contribution in [-0.4, -0.2) is 31.3 Å². The summed E-state index contributed by atoms with van der Waals surface area (Å²) in [5.74, 6) is 1.90. The molecule has 4 rings (SSSR count). The van der Waals surface area contributed by atoms with Crippen molar-refractivity contribution in [2.24, 2.45) is 5.92 Å². The molecule has 0 spiro atoms. The lowest BCUT2D eigenvalue weighted by Gasteiger charge is -2.37. The summed E-state index contributed by atoms with van der Waals surface area (Å²) in [5, 5.41) is 6.87. The van der Waals surface area contributed by atoms with Crippen molar-refractivity contribution in [2.75, 3.05) is 26.7 Å². The van der Waals surface area contributed by atoms with Crippen LogP contribution in [0.2, 0.25) is 0 Å². The molecule has 0 aliphatic carbocycles. The lowest BCUT2D eigenvalue weighted by Crippen LogP contribution is -2.44. The van der Waals surface area contributed by atoms with Crippen molar-refractivity contribution >= 4 is 24.8 Å². The Morgan fingerprint density at radius 1 is 1.18 bits per heavy atom. The number of nitrogens with zero attached hydrogens (tertiary/aromatic N) is 1. The number of methoxy groups -OCH3 is 1. The second-order valence-corrected chi connectivity index (χ2v) is 7.38. The Morgan fingerprint density at radius 2 is 2.00 bits per heavy atom. The van der Waals surface area contributed by atoms with Crippen LogP contribution in [0.3, 0.4) is 0 Å². The molecule has 0 unspecified atom stereocenters. The van der Waals surface area contributed by atoms with Gasteiger partial charge in [-0.1, -0.05) is 13.0 Å². The molecule has 0 saturated carbocycles. The zero-order valence-electron chi connectivity index (χ0n) is 16.4. The van der Waals surface area contributed by atoms with Gasteiger partial charge in [-0.05, 0) is 54.8 Å². The molecule has 1 fully saturated rings. The smallest absolute Gasteiger partial charge is 0.251 e. The van der Waals surface area contributed by atoms with Crippen LogP contribution < -0.4 is 20.9 Å². The topological polar surface area (TPSA) is 55.3 Å². The number of piperidine rings is 1. The fourth-order valence-electron chi connectivity index (χ4n) is 4.33. The average Bonchev–Trinajstić information content (AvgIpc) is 2.67. The van der Waals surface area contributed by atoms with Crippen molar-refractivity contribution in [3.05, 3.63) is 51.9 Å². The number of aromatic nitrogens is 1. The fourth-order valence-corrected chi connectivity index (χ4v) is 4.33. The van der Waals surface area contributed by atoms with Gasteiger partial charge >= 0.3 is 0 Å². The summed E-state index contributed by atoms with van der Waals surface area (Å²) in [4.78, 5) is 12.8. The maximum absolute atomic E-state index is 12.8. The number of hydrogen-bond acceptors (Lipinski definition) is 4. The van der Waals surface area contributed by atoms with Crippen LogP contribution in [0.4, 0.5) is 0 Å². The first-order valence-corrected chi connectivity index (χ1v) is 9.53. The summed E-state index contributed by atoms with van der Waals surface area (Å²) in [7, 11) is 1.70. The van der Waals surface area contributed by atoms with Crippen LogP contribution in [0.15, 0.2) is 35.1 Å². The lowest BCUT2D eigenvalue weighted by atomic mass is 9.83. The predicted molar refractivity (Wildman–Crippen MR) is 118 cm³/mol. The molecular weight excluding hydrogens is 397 g/mol. The fraction of sp³-hybridized carbons (Fsp3) is 0.476. The average molecular weight is 426 g/mol. The van der Waals surface area contributed by atoms with Crippen molar-refractivity contribution in [3.63, 3.8) is 0 Å². The standard InChI is InChI=1S/C21H27N3O2.2ClH/c1-3-22-12-18-7-15(4-5-20(18)26-2)16-8-19-17-6-14(10-23-11-17)13-24(19)21(25)9-16;;/h4-5,7-9,14,17,22-23H,3,6,10-13H2,1-2H3;2*1H/t14-,17+;;/m0../s1. The minimum absolute atomic E-state index is 0. The third kappa shape index (κ3) is 4.38. The van der Waals surface area contributed by atoms with Crippen LogP contribution in [0.1, 0.15) is 30.5 Å². The summed E-state index contributed by atoms with van der Waals surface area (Å²) in [6, 6.07) is 10.2. The SMILES string of the molecule is CCNCc1cc(-c2cc3n(c(=O)c2)C[C@@H]2CNC[C@H]3C2)ccc1OC.Cl.Cl. The zero-order valence-corrected chi connectivity index (χ0v) is 18.0. The third-order valence-electron chi connectivity index (χ3n) is 5.64. The quantitative estimate of drug-likeness (QED) is 0.771. The summed E-state index contributed by atoms with van der Waals surface area (Å²) in [6.45, 7) is 6.58. The van der Waals surface area contributed by atoms with E-state index in [9.17, 15) is 4.79 Å². The first-order chi connectivity index (χ1) is 12.7. The van der Waals surface area contributed by atoms with Gasteiger partial charge < -0.3 is 19.9 Å². The number of benzene rings is 1. The highest BCUT2D eigenvalue weighted by Crippen LogP contribution is 2.34. The molecule has 2 aliphatic heterocycles. The summed E-state index contributed by atoms with van der Waals surface area (Å²) in [5.41, 5.74) is 4.50. The highest BCUT2D eigenvalue weighted by Gasteiger charge is 2.31. The molecule has 0 amide bonds. The largest absolute Gasteiger partial charge is 0.496 e. The van der Waals surface area contributed by atoms with E-state index in [-0.39, 0.29) is 30.4 Å². The number of nitrogens with one attached hydrogen (secondary N) is 2. The molecule has 154 valence electrons. The van der Waals surface area contributed by atoms with Crippen molar-refractivity contribution < 1.29 is 4.74 Å². The van der Waals surface area contributed by atoms with Gasteiger partial charge in [-0.25, -0.2) is 0 Å². The van der Waals surface area contributed by atoms with E-state index in [1.807, 2.05) is 16.7 Å². The second-order valence-electron chi connectivity index (χ2n) is 7.38. The molecule has 2 aromatic rings. The Morgan fingerprint density at radius 3 is 2.75 bits per heavy atom. The first kappa shape index (κ1) is 22.8. The number of hydrogen-bond donors (Lipinski definition) is 2. The van der Waals surface area contributed by atoms with E-state index in [2.05, 4.69) is 29.7 Å². The predicted octanol–water partition coefficient (Wildman–Crippen LogP) is 3.18. The number of fused-ring (bicyclic) bond motifs is 4. The molecule has 1 saturated heterocycles. The number of halogens is 2. The van der Waals surface area contributed by atoms with Gasteiger partial charge in [0.2, 0.25) is 0 Å². The molecule has 2 atom stereocenters. The Balaban J connectivity index is 0.00000140. The molecule has 5 nitrogen and oxygen atoms in total.